The maximum Gasteiger partial charge on any atom is 0.260 e. The van der Waals surface area contributed by atoms with E-state index in [1.165, 1.54) is 22.7 Å². The van der Waals surface area contributed by atoms with Gasteiger partial charge in [-0.3, -0.25) is 9.69 Å². The molecule has 0 radical (unpaired) electrons. The topological polar surface area (TPSA) is 58.6 Å². The Balaban J connectivity index is 0.00000256. The lowest BCUT2D eigenvalue weighted by Gasteiger charge is -2.22. The first-order valence-corrected chi connectivity index (χ1v) is 11.0. The second-order valence-electron chi connectivity index (χ2n) is 6.72. The van der Waals surface area contributed by atoms with Crippen LogP contribution in [0, 0.1) is 0 Å². The molecule has 2 aromatic heterocycles. The first-order valence-electron chi connectivity index (χ1n) is 8.91. The summed E-state index contributed by atoms with van der Waals surface area (Å²) in [5.41, 5.74) is 3.95. The van der Waals surface area contributed by atoms with Gasteiger partial charge in [-0.15, -0.1) is 23.7 Å². The fraction of sp³-hybridized carbons (Fsp3) is 0.250. The SMILES string of the molecule is COc1ccc(Cl)c2sc(N(CCN(C)C)C(=O)c3ccc4ncsc4c3)nc12.Cl. The Bertz CT molecular complexity index is 1190. The fourth-order valence-corrected chi connectivity index (χ4v) is 4.95. The number of aromatic nitrogens is 2. The molecule has 4 aromatic rings. The van der Waals surface area contributed by atoms with Crippen LogP contribution in [0.5, 0.6) is 5.75 Å². The Morgan fingerprint density at radius 3 is 2.73 bits per heavy atom. The quantitative estimate of drug-likeness (QED) is 0.378. The molecule has 0 N–H and O–H groups in total. The molecule has 0 saturated carbocycles. The number of methoxy groups -OCH3 is 1. The van der Waals surface area contributed by atoms with Crippen LogP contribution in [-0.2, 0) is 0 Å². The van der Waals surface area contributed by atoms with Crippen molar-refractivity contribution < 1.29 is 9.53 Å². The molecule has 0 spiro atoms. The lowest BCUT2D eigenvalue weighted by atomic mass is 10.2. The first-order chi connectivity index (χ1) is 14.0. The number of anilines is 1. The van der Waals surface area contributed by atoms with Gasteiger partial charge in [0.15, 0.2) is 5.13 Å². The molecule has 2 aromatic carbocycles. The average Bonchev–Trinajstić information content (AvgIpc) is 3.35. The highest BCUT2D eigenvalue weighted by molar-refractivity contribution is 7.23. The van der Waals surface area contributed by atoms with E-state index >= 15 is 0 Å². The molecule has 0 fully saturated rings. The van der Waals surface area contributed by atoms with Gasteiger partial charge < -0.3 is 9.64 Å². The Morgan fingerprint density at radius 2 is 2.00 bits per heavy atom. The van der Waals surface area contributed by atoms with E-state index in [0.717, 1.165) is 14.9 Å². The van der Waals surface area contributed by atoms with E-state index < -0.39 is 0 Å². The van der Waals surface area contributed by atoms with Crippen LogP contribution >= 0.6 is 46.7 Å². The molecule has 10 heteroatoms. The van der Waals surface area contributed by atoms with E-state index in [1.54, 1.807) is 29.7 Å². The average molecular weight is 483 g/mol. The van der Waals surface area contributed by atoms with E-state index in [0.29, 0.717) is 40.1 Å². The van der Waals surface area contributed by atoms with Crippen molar-refractivity contribution in [3.8, 4) is 5.75 Å². The number of nitrogens with zero attached hydrogens (tertiary/aromatic N) is 4. The van der Waals surface area contributed by atoms with Crippen molar-refractivity contribution in [1.82, 2.24) is 14.9 Å². The minimum Gasteiger partial charge on any atom is -0.494 e. The maximum absolute atomic E-state index is 13.4. The molecule has 0 aliphatic heterocycles. The summed E-state index contributed by atoms with van der Waals surface area (Å²) in [6, 6.07) is 9.15. The first kappa shape index (κ1) is 22.7. The maximum atomic E-state index is 13.4. The van der Waals surface area contributed by atoms with Crippen molar-refractivity contribution in [3.05, 3.63) is 46.4 Å². The van der Waals surface area contributed by atoms with Gasteiger partial charge in [-0.2, -0.15) is 0 Å². The summed E-state index contributed by atoms with van der Waals surface area (Å²) in [7, 11) is 5.55. The number of ether oxygens (including phenoxy) is 1. The largest absolute Gasteiger partial charge is 0.494 e. The third kappa shape index (κ3) is 4.38. The van der Waals surface area contributed by atoms with Crippen LogP contribution in [0.3, 0.4) is 0 Å². The van der Waals surface area contributed by atoms with Crippen LogP contribution in [-0.4, -0.2) is 55.1 Å². The van der Waals surface area contributed by atoms with E-state index in [-0.39, 0.29) is 18.3 Å². The van der Waals surface area contributed by atoms with Gasteiger partial charge in [0.1, 0.15) is 11.3 Å². The Labute approximate surface area is 193 Å². The summed E-state index contributed by atoms with van der Waals surface area (Å²) in [6.07, 6.45) is 0. The van der Waals surface area contributed by atoms with E-state index in [9.17, 15) is 4.79 Å². The molecule has 0 bridgehead atoms. The predicted molar refractivity (Wildman–Crippen MR) is 128 cm³/mol. The van der Waals surface area contributed by atoms with Crippen molar-refractivity contribution in [2.45, 2.75) is 0 Å². The minimum absolute atomic E-state index is 0. The van der Waals surface area contributed by atoms with Crippen LogP contribution in [0.2, 0.25) is 5.02 Å². The molecule has 2 heterocycles. The van der Waals surface area contributed by atoms with Gasteiger partial charge in [-0.25, -0.2) is 9.97 Å². The molecular weight excluding hydrogens is 463 g/mol. The highest BCUT2D eigenvalue weighted by Gasteiger charge is 2.23. The lowest BCUT2D eigenvalue weighted by Crippen LogP contribution is -2.36. The number of carbonyl (C=O) groups excluding carboxylic acids is 1. The van der Waals surface area contributed by atoms with Gasteiger partial charge in [-0.05, 0) is 44.4 Å². The number of amides is 1. The van der Waals surface area contributed by atoms with Gasteiger partial charge in [-0.1, -0.05) is 22.9 Å². The Kier molecular flexibility index (Phi) is 7.15. The van der Waals surface area contributed by atoms with Crippen molar-refractivity contribution in [3.63, 3.8) is 0 Å². The second kappa shape index (κ2) is 9.45. The van der Waals surface area contributed by atoms with Gasteiger partial charge >= 0.3 is 0 Å². The zero-order valence-corrected chi connectivity index (χ0v) is 19.8. The molecule has 0 unspecified atom stereocenters. The summed E-state index contributed by atoms with van der Waals surface area (Å²) in [6.45, 7) is 1.21. The van der Waals surface area contributed by atoms with Crippen molar-refractivity contribution >= 4 is 78.2 Å². The number of hydrogen-bond donors (Lipinski definition) is 0. The molecule has 4 rings (SSSR count). The molecular formula is C20H20Cl2N4O2S2. The van der Waals surface area contributed by atoms with Crippen LogP contribution in [0.25, 0.3) is 20.4 Å². The molecule has 6 nitrogen and oxygen atoms in total. The molecule has 0 atom stereocenters. The summed E-state index contributed by atoms with van der Waals surface area (Å²) < 4.78 is 7.22. The fourth-order valence-electron chi connectivity index (χ4n) is 2.95. The third-order valence-electron chi connectivity index (χ3n) is 4.49. The zero-order chi connectivity index (χ0) is 20.5. The normalized spacial score (nSPS) is 11.1. The van der Waals surface area contributed by atoms with Crippen LogP contribution in [0.15, 0.2) is 35.8 Å². The summed E-state index contributed by atoms with van der Waals surface area (Å²) in [5.74, 6) is 0.536. The van der Waals surface area contributed by atoms with Crippen molar-refractivity contribution in [2.24, 2.45) is 0 Å². The van der Waals surface area contributed by atoms with E-state index in [1.807, 2.05) is 37.2 Å². The number of thiazole rings is 2. The number of rotatable bonds is 6. The van der Waals surface area contributed by atoms with E-state index in [2.05, 4.69) is 4.98 Å². The predicted octanol–water partition coefficient (Wildman–Crippen LogP) is 5.20. The summed E-state index contributed by atoms with van der Waals surface area (Å²) in [5, 5.41) is 1.19. The smallest absolute Gasteiger partial charge is 0.260 e. The number of carbonyl (C=O) groups is 1. The van der Waals surface area contributed by atoms with E-state index in [4.69, 9.17) is 21.3 Å². The molecule has 0 saturated heterocycles. The second-order valence-corrected chi connectivity index (χ2v) is 8.99. The number of benzene rings is 2. The number of likely N-dealkylation sites (N-methyl/N-ethyl adjacent to an activating group) is 1. The number of fused-ring (bicyclic) bond motifs is 2. The zero-order valence-electron chi connectivity index (χ0n) is 16.6. The van der Waals surface area contributed by atoms with Crippen LogP contribution < -0.4 is 9.64 Å². The Morgan fingerprint density at radius 1 is 1.20 bits per heavy atom. The minimum atomic E-state index is -0.101. The number of halogens is 2. The van der Waals surface area contributed by atoms with Gasteiger partial charge in [0, 0.05) is 18.7 Å². The molecule has 30 heavy (non-hydrogen) atoms. The number of hydrogen-bond acceptors (Lipinski definition) is 7. The lowest BCUT2D eigenvalue weighted by molar-refractivity contribution is 0.0985. The molecule has 158 valence electrons. The molecule has 1 amide bonds. The Hall–Kier alpha value is -1.97. The van der Waals surface area contributed by atoms with Gasteiger partial charge in [0.2, 0.25) is 0 Å². The summed E-state index contributed by atoms with van der Waals surface area (Å²) in [4.78, 5) is 26.2. The van der Waals surface area contributed by atoms with Crippen LogP contribution in [0.1, 0.15) is 10.4 Å². The van der Waals surface area contributed by atoms with Crippen LogP contribution in [0.4, 0.5) is 5.13 Å². The van der Waals surface area contributed by atoms with Gasteiger partial charge in [0.25, 0.3) is 5.91 Å². The van der Waals surface area contributed by atoms with Crippen molar-refractivity contribution in [1.29, 1.82) is 0 Å². The molecule has 0 aliphatic rings. The van der Waals surface area contributed by atoms with Gasteiger partial charge in [0.05, 0.1) is 32.6 Å². The monoisotopic (exact) mass is 482 g/mol. The standard InChI is InChI=1S/C20H19ClN4O2S2.ClH/c1-24(2)8-9-25(19(26)12-4-6-14-16(10-12)28-11-22-14)20-23-17-15(27-3)7-5-13(21)18(17)29-20;/h4-7,10-11H,8-9H2,1-3H3;1H. The summed E-state index contributed by atoms with van der Waals surface area (Å²) >= 11 is 9.29. The molecule has 0 aliphatic carbocycles. The van der Waals surface area contributed by atoms with Crippen molar-refractivity contribution in [2.75, 3.05) is 39.2 Å². The highest BCUT2D eigenvalue weighted by Crippen LogP contribution is 2.39. The third-order valence-corrected chi connectivity index (χ3v) is 6.82. The highest BCUT2D eigenvalue weighted by atomic mass is 35.5.